The van der Waals surface area contributed by atoms with Gasteiger partial charge in [-0.15, -0.1) is 0 Å². The van der Waals surface area contributed by atoms with Gasteiger partial charge in [0.1, 0.15) is 12.4 Å². The average molecular weight is 688 g/mol. The molecule has 0 N–H and O–H groups in total. The molecule has 3 aromatic rings. The molecule has 2 aromatic heterocycles. The summed E-state index contributed by atoms with van der Waals surface area (Å²) in [6.07, 6.45) is 6.05. The van der Waals surface area contributed by atoms with Gasteiger partial charge >= 0.3 is 0 Å². The molecule has 0 fully saturated rings. The second-order valence-corrected chi connectivity index (χ2v) is 11.3. The Bertz CT molecular complexity index is 1100. The van der Waals surface area contributed by atoms with Crippen molar-refractivity contribution in [1.82, 2.24) is 19.9 Å². The third-order valence-electron chi connectivity index (χ3n) is 5.65. The summed E-state index contributed by atoms with van der Waals surface area (Å²) in [7, 11) is 1.84. The highest BCUT2D eigenvalue weighted by atomic mass is 127. The minimum atomic E-state index is -0.409. The first kappa shape index (κ1) is 26.7. The molecular formula is C25H27FI2N4O2. The first-order valence-corrected chi connectivity index (χ1v) is 13.5. The predicted octanol–water partition coefficient (Wildman–Crippen LogP) is 5.91. The second-order valence-electron chi connectivity index (χ2n) is 8.04. The molecule has 2 heterocycles. The van der Waals surface area contributed by atoms with Crippen LogP contribution in [-0.4, -0.2) is 53.3 Å². The van der Waals surface area contributed by atoms with E-state index >= 15 is 0 Å². The van der Waals surface area contributed by atoms with Crippen LogP contribution in [0.15, 0.2) is 55.0 Å². The Balaban J connectivity index is 1.90. The Morgan fingerprint density at radius 2 is 1.94 bits per heavy atom. The van der Waals surface area contributed by atoms with E-state index in [-0.39, 0.29) is 15.4 Å². The summed E-state index contributed by atoms with van der Waals surface area (Å²) in [6.45, 7) is 4.38. The molecule has 180 valence electrons. The van der Waals surface area contributed by atoms with Crippen molar-refractivity contribution in [2.24, 2.45) is 0 Å². The number of hydrogen-bond acceptors (Lipinski definition) is 5. The number of alkyl halides is 2. The van der Waals surface area contributed by atoms with Crippen LogP contribution in [0.2, 0.25) is 0 Å². The first-order valence-electron chi connectivity index (χ1n) is 10.9. The van der Waals surface area contributed by atoms with Crippen LogP contribution in [0.3, 0.4) is 0 Å². The molecule has 0 saturated heterocycles. The number of hydrogen-bond donors (Lipinski definition) is 0. The van der Waals surface area contributed by atoms with Gasteiger partial charge in [0, 0.05) is 41.5 Å². The highest BCUT2D eigenvalue weighted by Gasteiger charge is 2.40. The lowest BCUT2D eigenvalue weighted by Gasteiger charge is -2.40. The number of amides is 1. The standard InChI is InChI=1S/C25H27FI2N4O2/c1-4-21(25(28,10-11-27)16-34-22-9-7-18(26)15-31-22)32(3)24(33)20-14-17(2)6-8-19(20)23-29-12-5-13-30-23/h5-9,12-15,21H,4,10-11,16H2,1-3H3. The van der Waals surface area contributed by atoms with Gasteiger partial charge in [-0.1, -0.05) is 69.8 Å². The minimum Gasteiger partial charge on any atom is -0.476 e. The van der Waals surface area contributed by atoms with Crippen LogP contribution in [0.4, 0.5) is 4.39 Å². The largest absolute Gasteiger partial charge is 0.476 e. The fraction of sp³-hybridized carbons (Fsp3) is 0.360. The molecule has 0 radical (unpaired) electrons. The summed E-state index contributed by atoms with van der Waals surface area (Å²) in [6, 6.07) is 10.2. The Labute approximate surface area is 227 Å². The predicted molar refractivity (Wildman–Crippen MR) is 148 cm³/mol. The van der Waals surface area contributed by atoms with Crippen LogP contribution in [-0.2, 0) is 0 Å². The summed E-state index contributed by atoms with van der Waals surface area (Å²) < 4.78 is 19.7. The van der Waals surface area contributed by atoms with E-state index < -0.39 is 5.82 Å². The fourth-order valence-electron chi connectivity index (χ4n) is 3.92. The van der Waals surface area contributed by atoms with Gasteiger partial charge in [0.25, 0.3) is 5.91 Å². The molecule has 9 heteroatoms. The molecule has 2 atom stereocenters. The molecule has 6 nitrogen and oxygen atoms in total. The lowest BCUT2D eigenvalue weighted by atomic mass is 9.93. The second kappa shape index (κ2) is 12.2. The van der Waals surface area contributed by atoms with Crippen molar-refractivity contribution in [2.45, 2.75) is 36.2 Å². The Morgan fingerprint density at radius 1 is 1.21 bits per heavy atom. The van der Waals surface area contributed by atoms with Crippen molar-refractivity contribution in [3.8, 4) is 17.3 Å². The topological polar surface area (TPSA) is 68.2 Å². The summed E-state index contributed by atoms with van der Waals surface area (Å²) in [5, 5.41) is 0. The number of carbonyl (C=O) groups is 1. The highest BCUT2D eigenvalue weighted by Crippen LogP contribution is 2.35. The van der Waals surface area contributed by atoms with Gasteiger partial charge in [-0.25, -0.2) is 19.3 Å². The number of pyridine rings is 1. The molecule has 0 bridgehead atoms. The molecular weight excluding hydrogens is 661 g/mol. The summed E-state index contributed by atoms with van der Waals surface area (Å²) in [5.74, 6) is 0.383. The van der Waals surface area contributed by atoms with Gasteiger partial charge < -0.3 is 9.64 Å². The van der Waals surface area contributed by atoms with Gasteiger partial charge in [0.15, 0.2) is 5.82 Å². The maximum Gasteiger partial charge on any atom is 0.254 e. The van der Waals surface area contributed by atoms with Gasteiger partial charge in [0.05, 0.1) is 15.2 Å². The summed E-state index contributed by atoms with van der Waals surface area (Å²) in [4.78, 5) is 28.4. The van der Waals surface area contributed by atoms with E-state index in [1.54, 1.807) is 23.4 Å². The summed E-state index contributed by atoms with van der Waals surface area (Å²) in [5.41, 5.74) is 2.27. The highest BCUT2D eigenvalue weighted by molar-refractivity contribution is 14.1. The fourth-order valence-corrected chi connectivity index (χ4v) is 7.20. The zero-order chi connectivity index (χ0) is 24.7. The molecule has 0 aliphatic rings. The third kappa shape index (κ3) is 6.41. The molecule has 34 heavy (non-hydrogen) atoms. The maximum atomic E-state index is 13.8. The Hall–Kier alpha value is -1.89. The van der Waals surface area contributed by atoms with Crippen LogP contribution < -0.4 is 4.74 Å². The van der Waals surface area contributed by atoms with Gasteiger partial charge in [-0.2, -0.15) is 0 Å². The van der Waals surface area contributed by atoms with Crippen LogP contribution in [0.1, 0.15) is 35.7 Å². The molecule has 0 spiro atoms. The van der Waals surface area contributed by atoms with Crippen molar-refractivity contribution >= 4 is 51.1 Å². The van der Waals surface area contributed by atoms with Crippen molar-refractivity contribution in [1.29, 1.82) is 0 Å². The van der Waals surface area contributed by atoms with E-state index in [4.69, 9.17) is 4.74 Å². The number of benzene rings is 1. The van der Waals surface area contributed by atoms with E-state index in [1.165, 1.54) is 12.1 Å². The molecule has 1 amide bonds. The van der Waals surface area contributed by atoms with Crippen LogP contribution in [0, 0.1) is 12.7 Å². The lowest BCUT2D eigenvalue weighted by Crippen LogP contribution is -2.52. The van der Waals surface area contributed by atoms with Crippen LogP contribution in [0.5, 0.6) is 5.88 Å². The van der Waals surface area contributed by atoms with E-state index in [9.17, 15) is 9.18 Å². The Morgan fingerprint density at radius 3 is 2.56 bits per heavy atom. The van der Waals surface area contributed by atoms with Crippen LogP contribution in [0.25, 0.3) is 11.4 Å². The van der Waals surface area contributed by atoms with Crippen molar-refractivity contribution in [3.63, 3.8) is 0 Å². The molecule has 1 aromatic carbocycles. The summed E-state index contributed by atoms with van der Waals surface area (Å²) >= 11 is 4.76. The zero-order valence-corrected chi connectivity index (χ0v) is 23.7. The Kier molecular flexibility index (Phi) is 9.57. The van der Waals surface area contributed by atoms with Crippen molar-refractivity contribution in [2.75, 3.05) is 18.1 Å². The van der Waals surface area contributed by atoms with Crippen molar-refractivity contribution in [3.05, 3.63) is 71.9 Å². The normalized spacial score (nSPS) is 13.7. The van der Waals surface area contributed by atoms with E-state index in [0.29, 0.717) is 29.4 Å². The number of aromatic nitrogens is 3. The number of rotatable bonds is 10. The maximum absolute atomic E-state index is 13.8. The SMILES string of the molecule is CCC(N(C)C(=O)c1cc(C)ccc1-c1ncccn1)C(I)(CCI)COc1ccc(F)cn1. The van der Waals surface area contributed by atoms with Gasteiger partial charge in [-0.3, -0.25) is 4.79 Å². The minimum absolute atomic E-state index is 0.0904. The average Bonchev–Trinajstić information content (AvgIpc) is 2.84. The van der Waals surface area contributed by atoms with Gasteiger partial charge in [-0.05, 0) is 38.0 Å². The van der Waals surface area contributed by atoms with Gasteiger partial charge in [0.2, 0.25) is 5.88 Å². The molecule has 0 saturated carbocycles. The van der Waals surface area contributed by atoms with E-state index in [0.717, 1.165) is 29.0 Å². The van der Waals surface area contributed by atoms with E-state index in [2.05, 4.69) is 67.1 Å². The molecule has 0 aliphatic carbocycles. The third-order valence-corrected chi connectivity index (χ3v) is 7.76. The smallest absolute Gasteiger partial charge is 0.254 e. The lowest BCUT2D eigenvalue weighted by molar-refractivity contribution is 0.0666. The number of nitrogens with zero attached hydrogens (tertiary/aromatic N) is 4. The number of carbonyl (C=O) groups excluding carboxylic acids is 1. The van der Waals surface area contributed by atoms with Crippen LogP contribution >= 0.6 is 45.2 Å². The zero-order valence-electron chi connectivity index (χ0n) is 19.3. The number of halogens is 3. The molecule has 2 unspecified atom stereocenters. The molecule has 3 rings (SSSR count). The quantitative estimate of drug-likeness (QED) is 0.196. The monoisotopic (exact) mass is 688 g/mol. The first-order chi connectivity index (χ1) is 16.3. The van der Waals surface area contributed by atoms with E-state index in [1.807, 2.05) is 32.2 Å². The van der Waals surface area contributed by atoms with Crippen molar-refractivity contribution < 1.29 is 13.9 Å². The number of ether oxygens (including phenoxy) is 1. The number of aryl methyl sites for hydroxylation is 1. The molecule has 0 aliphatic heterocycles.